The minimum absolute atomic E-state index is 0.210. The molecule has 6 nitrogen and oxygen atoms in total. The Morgan fingerprint density at radius 2 is 2.17 bits per heavy atom. The van der Waals surface area contributed by atoms with Crippen LogP contribution in [0, 0.1) is 0 Å². The van der Waals surface area contributed by atoms with Crippen LogP contribution in [0.25, 0.3) is 11.0 Å². The summed E-state index contributed by atoms with van der Waals surface area (Å²) < 4.78 is 11.0. The highest BCUT2D eigenvalue weighted by Gasteiger charge is 2.25. The average molecular weight is 331 g/mol. The van der Waals surface area contributed by atoms with Crippen molar-refractivity contribution in [1.29, 1.82) is 0 Å². The molecular formula is C18H21NO5. The van der Waals surface area contributed by atoms with Gasteiger partial charge in [-0.25, -0.2) is 9.86 Å². The zero-order chi connectivity index (χ0) is 17.1. The maximum atomic E-state index is 12.3. The minimum atomic E-state index is -0.679. The van der Waals surface area contributed by atoms with E-state index in [1.807, 2.05) is 13.0 Å². The quantitative estimate of drug-likeness (QED) is 0.806. The number of benzene rings is 1. The number of rotatable bonds is 4. The van der Waals surface area contributed by atoms with E-state index in [0.717, 1.165) is 30.2 Å². The highest BCUT2D eigenvalue weighted by Crippen LogP contribution is 2.24. The minimum Gasteiger partial charge on any atom is -0.481 e. The van der Waals surface area contributed by atoms with Crippen molar-refractivity contribution in [3.8, 4) is 5.75 Å². The molecule has 0 N–H and O–H groups in total. The van der Waals surface area contributed by atoms with Gasteiger partial charge in [-0.2, -0.15) is 0 Å². The molecule has 1 amide bonds. The molecule has 2 heterocycles. The van der Waals surface area contributed by atoms with Crippen molar-refractivity contribution in [2.24, 2.45) is 0 Å². The first-order valence-electron chi connectivity index (χ1n) is 8.26. The Kier molecular flexibility index (Phi) is 4.85. The van der Waals surface area contributed by atoms with Gasteiger partial charge in [-0.15, -0.1) is 0 Å². The van der Waals surface area contributed by atoms with Gasteiger partial charge in [0, 0.05) is 24.1 Å². The largest absolute Gasteiger partial charge is 0.481 e. The Morgan fingerprint density at radius 1 is 1.33 bits per heavy atom. The van der Waals surface area contributed by atoms with Gasteiger partial charge in [0.25, 0.3) is 5.91 Å². The standard InChI is InChI=1S/C18H21NO5/c1-3-13-10-17(20)24-16-11-14(6-7-15(13)16)23-12(2)18(21)19-8-4-5-9-22-19/h6-7,10-12H,3-5,8-9H2,1-2H3. The molecule has 1 fully saturated rings. The SMILES string of the molecule is CCc1cc(=O)oc2cc(OC(C)C(=O)N3CCCCO3)ccc12. The molecule has 1 aromatic heterocycles. The summed E-state index contributed by atoms with van der Waals surface area (Å²) in [4.78, 5) is 29.3. The van der Waals surface area contributed by atoms with Gasteiger partial charge in [0.1, 0.15) is 11.3 Å². The van der Waals surface area contributed by atoms with E-state index >= 15 is 0 Å². The second-order valence-electron chi connectivity index (χ2n) is 5.84. The van der Waals surface area contributed by atoms with Crippen molar-refractivity contribution in [1.82, 2.24) is 5.06 Å². The second kappa shape index (κ2) is 7.05. The fraction of sp³-hybridized carbons (Fsp3) is 0.444. The third-order valence-electron chi connectivity index (χ3n) is 4.09. The van der Waals surface area contributed by atoms with Gasteiger partial charge in [-0.3, -0.25) is 9.63 Å². The molecule has 24 heavy (non-hydrogen) atoms. The van der Waals surface area contributed by atoms with E-state index in [2.05, 4.69) is 0 Å². The molecule has 1 atom stereocenters. The van der Waals surface area contributed by atoms with Gasteiger partial charge in [0.15, 0.2) is 6.10 Å². The highest BCUT2D eigenvalue weighted by molar-refractivity contribution is 5.82. The summed E-state index contributed by atoms with van der Waals surface area (Å²) in [5, 5.41) is 2.24. The lowest BCUT2D eigenvalue weighted by molar-refractivity contribution is -0.202. The van der Waals surface area contributed by atoms with Crippen LogP contribution >= 0.6 is 0 Å². The van der Waals surface area contributed by atoms with Crippen LogP contribution in [0.4, 0.5) is 0 Å². The highest BCUT2D eigenvalue weighted by atomic mass is 16.7. The fourth-order valence-corrected chi connectivity index (χ4v) is 2.80. The third kappa shape index (κ3) is 3.43. The second-order valence-corrected chi connectivity index (χ2v) is 5.84. The Hall–Kier alpha value is -2.34. The summed E-state index contributed by atoms with van der Waals surface area (Å²) in [5.41, 5.74) is 1.01. The van der Waals surface area contributed by atoms with E-state index < -0.39 is 6.10 Å². The van der Waals surface area contributed by atoms with Crippen LogP contribution in [-0.2, 0) is 16.1 Å². The summed E-state index contributed by atoms with van der Waals surface area (Å²) in [6, 6.07) is 6.78. The molecule has 1 unspecified atom stereocenters. The monoisotopic (exact) mass is 331 g/mol. The molecule has 0 bridgehead atoms. The number of aryl methyl sites for hydroxylation is 1. The number of amides is 1. The zero-order valence-electron chi connectivity index (χ0n) is 13.9. The van der Waals surface area contributed by atoms with Crippen molar-refractivity contribution in [2.45, 2.75) is 39.2 Å². The molecule has 6 heteroatoms. The first kappa shape index (κ1) is 16.5. The molecule has 0 radical (unpaired) electrons. The molecule has 1 aliphatic rings. The van der Waals surface area contributed by atoms with E-state index in [-0.39, 0.29) is 11.5 Å². The van der Waals surface area contributed by atoms with E-state index in [4.69, 9.17) is 14.0 Å². The van der Waals surface area contributed by atoms with Crippen molar-refractivity contribution in [3.63, 3.8) is 0 Å². The number of hydroxylamine groups is 2. The van der Waals surface area contributed by atoms with Gasteiger partial charge in [0.2, 0.25) is 0 Å². The number of ether oxygens (including phenoxy) is 1. The predicted molar refractivity (Wildman–Crippen MR) is 88.9 cm³/mol. The molecule has 0 spiro atoms. The first-order valence-corrected chi connectivity index (χ1v) is 8.26. The Labute approximate surface area is 139 Å². The molecule has 3 rings (SSSR count). The topological polar surface area (TPSA) is 69.0 Å². The predicted octanol–water partition coefficient (Wildman–Crippen LogP) is 2.68. The van der Waals surface area contributed by atoms with Gasteiger partial charge in [-0.05, 0) is 43.9 Å². The summed E-state index contributed by atoms with van der Waals surface area (Å²) in [7, 11) is 0. The molecule has 2 aromatic rings. The maximum Gasteiger partial charge on any atom is 0.336 e. The van der Waals surface area contributed by atoms with E-state index in [1.165, 1.54) is 11.1 Å². The molecule has 0 saturated carbocycles. The van der Waals surface area contributed by atoms with Gasteiger partial charge in [-0.1, -0.05) is 6.92 Å². The van der Waals surface area contributed by atoms with Crippen LogP contribution < -0.4 is 10.4 Å². The van der Waals surface area contributed by atoms with Crippen LogP contribution in [0.15, 0.2) is 33.5 Å². The average Bonchev–Trinajstić information content (AvgIpc) is 2.60. The number of carbonyl (C=O) groups excluding carboxylic acids is 1. The van der Waals surface area contributed by atoms with E-state index in [1.54, 1.807) is 19.1 Å². The molecule has 1 aromatic carbocycles. The van der Waals surface area contributed by atoms with E-state index in [9.17, 15) is 9.59 Å². The van der Waals surface area contributed by atoms with Crippen LogP contribution in [-0.4, -0.2) is 30.2 Å². The summed E-state index contributed by atoms with van der Waals surface area (Å²) in [6.07, 6.45) is 1.95. The first-order chi connectivity index (χ1) is 11.6. The number of nitrogens with zero attached hydrogens (tertiary/aromatic N) is 1. The van der Waals surface area contributed by atoms with Crippen molar-refractivity contribution < 1.29 is 18.8 Å². The van der Waals surface area contributed by atoms with Crippen molar-refractivity contribution in [2.75, 3.05) is 13.2 Å². The number of carbonyl (C=O) groups is 1. The summed E-state index contributed by atoms with van der Waals surface area (Å²) >= 11 is 0. The number of fused-ring (bicyclic) bond motifs is 1. The maximum absolute atomic E-state index is 12.3. The summed E-state index contributed by atoms with van der Waals surface area (Å²) in [6.45, 7) is 4.81. The molecular weight excluding hydrogens is 310 g/mol. The Morgan fingerprint density at radius 3 is 2.88 bits per heavy atom. The molecule has 1 aliphatic heterocycles. The molecule has 128 valence electrons. The lowest BCUT2D eigenvalue weighted by atomic mass is 10.1. The Bertz CT molecular complexity index is 792. The Balaban J connectivity index is 1.79. The van der Waals surface area contributed by atoms with Gasteiger partial charge >= 0.3 is 5.63 Å². The number of hydrogen-bond acceptors (Lipinski definition) is 5. The van der Waals surface area contributed by atoms with E-state index in [0.29, 0.717) is 24.5 Å². The van der Waals surface area contributed by atoms with Crippen LogP contribution in [0.1, 0.15) is 32.3 Å². The smallest absolute Gasteiger partial charge is 0.336 e. The zero-order valence-corrected chi connectivity index (χ0v) is 13.9. The normalized spacial score (nSPS) is 16.2. The van der Waals surface area contributed by atoms with Crippen LogP contribution in [0.2, 0.25) is 0 Å². The van der Waals surface area contributed by atoms with Crippen molar-refractivity contribution in [3.05, 3.63) is 40.2 Å². The summed E-state index contributed by atoms with van der Waals surface area (Å²) in [5.74, 6) is 0.273. The molecule has 1 saturated heterocycles. The van der Waals surface area contributed by atoms with Gasteiger partial charge < -0.3 is 9.15 Å². The van der Waals surface area contributed by atoms with Crippen LogP contribution in [0.3, 0.4) is 0 Å². The molecule has 0 aliphatic carbocycles. The lowest BCUT2D eigenvalue weighted by Gasteiger charge is -2.28. The van der Waals surface area contributed by atoms with Gasteiger partial charge in [0.05, 0.1) is 6.61 Å². The fourth-order valence-electron chi connectivity index (χ4n) is 2.80. The lowest BCUT2D eigenvalue weighted by Crippen LogP contribution is -2.43. The van der Waals surface area contributed by atoms with Crippen molar-refractivity contribution >= 4 is 16.9 Å². The number of hydrogen-bond donors (Lipinski definition) is 0. The van der Waals surface area contributed by atoms with Crippen LogP contribution in [0.5, 0.6) is 5.75 Å². The third-order valence-corrected chi connectivity index (χ3v) is 4.09.